The fraction of sp³-hybridized carbons (Fsp3) is 0.409. The second-order valence-electron chi connectivity index (χ2n) is 7.69. The second kappa shape index (κ2) is 10.0. The lowest BCUT2D eigenvalue weighted by molar-refractivity contribution is 0.0312. The predicted octanol–water partition coefficient (Wildman–Crippen LogP) is 2.01. The van der Waals surface area contributed by atoms with E-state index in [9.17, 15) is 27.2 Å². The molecule has 0 bridgehead atoms. The van der Waals surface area contributed by atoms with Crippen LogP contribution in [0.1, 0.15) is 49.4 Å². The molecular formula is C22H25FN2O8S. The number of carbonyl (C=O) groups is 3. The van der Waals surface area contributed by atoms with E-state index >= 15 is 0 Å². The van der Waals surface area contributed by atoms with Gasteiger partial charge in [-0.15, -0.1) is 0 Å². The van der Waals surface area contributed by atoms with Crippen molar-refractivity contribution in [3.63, 3.8) is 0 Å². The van der Waals surface area contributed by atoms with Crippen molar-refractivity contribution in [2.45, 2.75) is 31.8 Å². The van der Waals surface area contributed by atoms with Crippen LogP contribution in [0.25, 0.3) is 0 Å². The summed E-state index contributed by atoms with van der Waals surface area (Å²) in [5.74, 6) is -3.48. The number of rotatable bonds is 7. The van der Waals surface area contributed by atoms with Gasteiger partial charge in [-0.3, -0.25) is 4.79 Å². The van der Waals surface area contributed by atoms with Crippen LogP contribution in [-0.2, 0) is 24.2 Å². The van der Waals surface area contributed by atoms with Gasteiger partial charge in [-0.05, 0) is 44.5 Å². The molecule has 0 aliphatic carbocycles. The molecule has 10 nitrogen and oxygen atoms in total. The number of nitrogens with zero attached hydrogens (tertiary/aromatic N) is 1. The number of benzene rings is 1. The summed E-state index contributed by atoms with van der Waals surface area (Å²) in [5, 5.41) is 0. The molecule has 1 aromatic heterocycles. The first kappa shape index (κ1) is 25.5. The summed E-state index contributed by atoms with van der Waals surface area (Å²) < 4.78 is 56.3. The molecule has 2 heterocycles. The Balaban J connectivity index is 1.82. The second-order valence-corrected chi connectivity index (χ2v) is 9.62. The number of nitrogens with one attached hydrogen (secondary N) is 1. The number of ether oxygens (including phenoxy) is 3. The van der Waals surface area contributed by atoms with Crippen LogP contribution in [0, 0.1) is 19.7 Å². The summed E-state index contributed by atoms with van der Waals surface area (Å²) in [6.07, 6.45) is -1.35. The van der Waals surface area contributed by atoms with Crippen LogP contribution < -0.4 is 0 Å². The maximum atomic E-state index is 14.4. The van der Waals surface area contributed by atoms with Gasteiger partial charge in [-0.2, -0.15) is 4.31 Å². The van der Waals surface area contributed by atoms with Crippen molar-refractivity contribution in [3.8, 4) is 0 Å². The molecule has 3 rings (SSSR count). The van der Waals surface area contributed by atoms with E-state index in [1.807, 2.05) is 0 Å². The average Bonchev–Trinajstić information content (AvgIpc) is 3.12. The highest BCUT2D eigenvalue weighted by atomic mass is 32.2. The van der Waals surface area contributed by atoms with E-state index in [0.29, 0.717) is 11.3 Å². The highest BCUT2D eigenvalue weighted by molar-refractivity contribution is 7.89. The van der Waals surface area contributed by atoms with E-state index < -0.39 is 45.2 Å². The first-order valence-electron chi connectivity index (χ1n) is 10.4. The molecule has 0 amide bonds. The Bertz CT molecular complexity index is 1230. The van der Waals surface area contributed by atoms with Crippen molar-refractivity contribution < 1.29 is 41.4 Å². The topological polar surface area (TPSA) is 132 Å². The molecule has 1 saturated heterocycles. The van der Waals surface area contributed by atoms with Crippen molar-refractivity contribution in [1.82, 2.24) is 9.29 Å². The zero-order chi connectivity index (χ0) is 25.2. The van der Waals surface area contributed by atoms with Gasteiger partial charge >= 0.3 is 11.9 Å². The highest BCUT2D eigenvalue weighted by Crippen LogP contribution is 2.23. The lowest BCUT2D eigenvalue weighted by Crippen LogP contribution is -2.40. The van der Waals surface area contributed by atoms with Gasteiger partial charge in [0.05, 0.1) is 42.0 Å². The summed E-state index contributed by atoms with van der Waals surface area (Å²) in [7, 11) is -2.77. The van der Waals surface area contributed by atoms with E-state index in [-0.39, 0.29) is 42.5 Å². The van der Waals surface area contributed by atoms with Crippen LogP contribution in [0.5, 0.6) is 0 Å². The number of halogens is 1. The number of sulfonamides is 1. The minimum absolute atomic E-state index is 0.0438. The van der Waals surface area contributed by atoms with Gasteiger partial charge in [0.2, 0.25) is 15.8 Å². The summed E-state index contributed by atoms with van der Waals surface area (Å²) >= 11 is 0. The summed E-state index contributed by atoms with van der Waals surface area (Å²) in [6, 6.07) is 2.81. The van der Waals surface area contributed by atoms with Crippen molar-refractivity contribution in [3.05, 3.63) is 52.1 Å². The Hall–Kier alpha value is -3.09. The van der Waals surface area contributed by atoms with E-state index in [1.54, 1.807) is 6.92 Å². The molecule has 2 aromatic rings. The quantitative estimate of drug-likeness (QED) is 0.455. The Morgan fingerprint density at radius 2 is 1.79 bits per heavy atom. The molecule has 0 spiro atoms. The number of esters is 2. The summed E-state index contributed by atoms with van der Waals surface area (Å²) in [4.78, 5) is 40.0. The van der Waals surface area contributed by atoms with Crippen LogP contribution in [-0.4, -0.2) is 74.9 Å². The van der Waals surface area contributed by atoms with Gasteiger partial charge in [-0.25, -0.2) is 22.4 Å². The first-order chi connectivity index (χ1) is 16.0. The third kappa shape index (κ3) is 4.88. The number of aromatic amines is 1. The molecule has 0 radical (unpaired) electrons. The zero-order valence-corrected chi connectivity index (χ0v) is 20.0. The monoisotopic (exact) mass is 496 g/mol. The average molecular weight is 497 g/mol. The number of H-pyrrole nitrogens is 1. The van der Waals surface area contributed by atoms with Crippen LogP contribution in [0.4, 0.5) is 4.39 Å². The largest absolute Gasteiger partial charge is 0.465 e. The highest BCUT2D eigenvalue weighted by Gasteiger charge is 2.31. The van der Waals surface area contributed by atoms with Gasteiger partial charge in [0.15, 0.2) is 6.10 Å². The Kier molecular flexibility index (Phi) is 7.54. The molecule has 1 aromatic carbocycles. The Morgan fingerprint density at radius 1 is 1.15 bits per heavy atom. The van der Waals surface area contributed by atoms with Crippen LogP contribution >= 0.6 is 0 Å². The lowest BCUT2D eigenvalue weighted by atomic mass is 10.1. The standard InChI is InChI=1S/C22H25FN2O8S/c1-12-18(22(28)31-4)13(2)24-19(12)20(26)14(3)33-21(27)16-11-15(5-6-17(16)23)34(29,30)25-7-9-32-10-8-25/h5-6,11,14,24H,7-10H2,1-4H3/t14-/m0/s1. The van der Waals surface area contributed by atoms with Crippen molar-refractivity contribution in [1.29, 1.82) is 0 Å². The molecule has 1 atom stereocenters. The molecule has 1 fully saturated rings. The number of aryl methyl sites for hydroxylation is 1. The number of morpholine rings is 1. The minimum atomic E-state index is -3.98. The van der Waals surface area contributed by atoms with Gasteiger partial charge in [0.1, 0.15) is 5.82 Å². The minimum Gasteiger partial charge on any atom is -0.465 e. The van der Waals surface area contributed by atoms with Crippen molar-refractivity contribution in [2.75, 3.05) is 33.4 Å². The number of methoxy groups -OCH3 is 1. The molecule has 1 aliphatic rings. The van der Waals surface area contributed by atoms with E-state index in [4.69, 9.17) is 14.2 Å². The fourth-order valence-corrected chi connectivity index (χ4v) is 5.08. The first-order valence-corrected chi connectivity index (χ1v) is 11.8. The number of Topliss-reactive ketones (excluding diaryl/α,β-unsaturated/α-hetero) is 1. The number of hydrogen-bond acceptors (Lipinski definition) is 8. The van der Waals surface area contributed by atoms with Gasteiger partial charge in [0, 0.05) is 18.8 Å². The number of ketones is 1. The van der Waals surface area contributed by atoms with Crippen molar-refractivity contribution >= 4 is 27.7 Å². The number of carbonyl (C=O) groups excluding carboxylic acids is 3. The number of aromatic nitrogens is 1. The third-order valence-electron chi connectivity index (χ3n) is 5.49. The molecule has 12 heteroatoms. The molecule has 0 saturated carbocycles. The summed E-state index contributed by atoms with van der Waals surface area (Å²) in [6.45, 7) is 5.13. The molecule has 1 N–H and O–H groups in total. The maximum Gasteiger partial charge on any atom is 0.341 e. The fourth-order valence-electron chi connectivity index (χ4n) is 3.64. The molecule has 0 unspecified atom stereocenters. The van der Waals surface area contributed by atoms with Crippen LogP contribution in [0.2, 0.25) is 0 Å². The predicted molar refractivity (Wildman–Crippen MR) is 117 cm³/mol. The normalized spacial score (nSPS) is 15.6. The van der Waals surface area contributed by atoms with Gasteiger partial charge in [-0.1, -0.05) is 0 Å². The Labute approximate surface area is 196 Å². The van der Waals surface area contributed by atoms with Gasteiger partial charge in [0.25, 0.3) is 0 Å². The van der Waals surface area contributed by atoms with E-state index in [2.05, 4.69) is 4.98 Å². The van der Waals surface area contributed by atoms with E-state index in [0.717, 1.165) is 18.2 Å². The molecule has 34 heavy (non-hydrogen) atoms. The molecule has 184 valence electrons. The van der Waals surface area contributed by atoms with Gasteiger partial charge < -0.3 is 19.2 Å². The number of hydrogen-bond donors (Lipinski definition) is 1. The molecular weight excluding hydrogens is 471 g/mol. The van der Waals surface area contributed by atoms with Crippen LogP contribution in [0.3, 0.4) is 0 Å². The smallest absolute Gasteiger partial charge is 0.341 e. The summed E-state index contributed by atoms with van der Waals surface area (Å²) in [5.41, 5.74) is 0.336. The SMILES string of the molecule is COC(=O)c1c(C)[nH]c(C(=O)[C@H](C)OC(=O)c2cc(S(=O)(=O)N3CCOCC3)ccc2F)c1C. The lowest BCUT2D eigenvalue weighted by Gasteiger charge is -2.26. The van der Waals surface area contributed by atoms with Crippen molar-refractivity contribution in [2.24, 2.45) is 0 Å². The maximum absolute atomic E-state index is 14.4. The third-order valence-corrected chi connectivity index (χ3v) is 7.39. The zero-order valence-electron chi connectivity index (χ0n) is 19.1. The Morgan fingerprint density at radius 3 is 2.41 bits per heavy atom. The molecule has 1 aliphatic heterocycles. The van der Waals surface area contributed by atoms with Crippen LogP contribution in [0.15, 0.2) is 23.1 Å². The van der Waals surface area contributed by atoms with E-state index in [1.165, 1.54) is 25.3 Å².